The number of benzene rings is 1. The summed E-state index contributed by atoms with van der Waals surface area (Å²) in [6.07, 6.45) is 3.31. The number of nitrogens with one attached hydrogen (secondary N) is 1. The summed E-state index contributed by atoms with van der Waals surface area (Å²) < 4.78 is 26.4. The molecule has 2 bridgehead atoms. The Balaban J connectivity index is 2.06. The minimum absolute atomic E-state index is 0.129. The summed E-state index contributed by atoms with van der Waals surface area (Å²) in [5, 5.41) is 4.33. The van der Waals surface area contributed by atoms with Crippen LogP contribution in [0.3, 0.4) is 0 Å². The van der Waals surface area contributed by atoms with E-state index in [4.69, 9.17) is 0 Å². The molecule has 0 aromatic heterocycles. The molecule has 0 unspecified atom stereocenters. The molecule has 0 spiro atoms. The molecule has 1 aromatic carbocycles. The molecule has 1 N–H and O–H groups in total. The Labute approximate surface area is 158 Å². The van der Waals surface area contributed by atoms with Crippen LogP contribution in [0.1, 0.15) is 95.2 Å². The maximum Gasteiger partial charge on any atom is 0.277 e. The van der Waals surface area contributed by atoms with E-state index in [9.17, 15) is 8.42 Å². The summed E-state index contributed by atoms with van der Waals surface area (Å²) in [5.74, 6) is 1.85. The summed E-state index contributed by atoms with van der Waals surface area (Å²) in [6, 6.07) is 4.13. The molecule has 0 radical (unpaired) electrons. The van der Waals surface area contributed by atoms with Crippen molar-refractivity contribution in [3.05, 3.63) is 28.8 Å². The van der Waals surface area contributed by atoms with E-state index in [0.717, 1.165) is 29.2 Å². The van der Waals surface area contributed by atoms with Gasteiger partial charge in [0.15, 0.2) is 0 Å². The molecular formula is C21H32N2O2S. The van der Waals surface area contributed by atoms with E-state index in [1.165, 1.54) is 18.4 Å². The Morgan fingerprint density at radius 1 is 0.962 bits per heavy atom. The number of sulfonamides is 1. The molecule has 144 valence electrons. The SMILES string of the molecule is CC(C)c1cc(C(C)C)c(S(=O)(=O)N/N=C2\CC3CC2C3)c(C(C)C)c1. The van der Waals surface area contributed by atoms with E-state index in [2.05, 4.69) is 63.6 Å². The number of hydrazone groups is 1. The van der Waals surface area contributed by atoms with Crippen molar-refractivity contribution < 1.29 is 8.42 Å². The zero-order valence-corrected chi connectivity index (χ0v) is 17.7. The molecule has 5 heteroatoms. The van der Waals surface area contributed by atoms with Gasteiger partial charge >= 0.3 is 0 Å². The van der Waals surface area contributed by atoms with E-state index in [-0.39, 0.29) is 11.8 Å². The smallest absolute Gasteiger partial charge is 0.200 e. The highest BCUT2D eigenvalue weighted by atomic mass is 32.2. The van der Waals surface area contributed by atoms with Crippen LogP contribution < -0.4 is 4.83 Å². The molecule has 0 saturated heterocycles. The fourth-order valence-corrected chi connectivity index (χ4v) is 5.68. The first kappa shape index (κ1) is 19.4. The van der Waals surface area contributed by atoms with Crippen molar-refractivity contribution in [2.24, 2.45) is 16.9 Å². The lowest BCUT2D eigenvalue weighted by atomic mass is 9.84. The van der Waals surface area contributed by atoms with Crippen molar-refractivity contribution >= 4 is 15.7 Å². The summed E-state index contributed by atoms with van der Waals surface area (Å²) in [4.78, 5) is 3.01. The standard InChI is InChI=1S/C21H32N2O2S/c1-12(2)16-10-18(13(3)4)21(19(11-16)14(5)6)26(24,25)23-22-20-9-15-7-17(20)8-15/h10-15,17,23H,7-9H2,1-6H3/b22-20+. The van der Waals surface area contributed by atoms with Crippen LogP contribution in [0.25, 0.3) is 0 Å². The van der Waals surface area contributed by atoms with E-state index in [0.29, 0.717) is 16.7 Å². The van der Waals surface area contributed by atoms with Crippen molar-refractivity contribution in [1.29, 1.82) is 0 Å². The second kappa shape index (κ2) is 6.99. The van der Waals surface area contributed by atoms with Crippen LogP contribution in [0.4, 0.5) is 0 Å². The van der Waals surface area contributed by atoms with Gasteiger partial charge in [0.2, 0.25) is 0 Å². The Bertz CT molecular complexity index is 787. The van der Waals surface area contributed by atoms with Gasteiger partial charge in [0.05, 0.1) is 4.90 Å². The van der Waals surface area contributed by atoms with Crippen LogP contribution in [0.5, 0.6) is 0 Å². The number of nitrogens with zero attached hydrogens (tertiary/aromatic N) is 1. The summed E-state index contributed by atoms with van der Waals surface area (Å²) in [5.41, 5.74) is 4.01. The summed E-state index contributed by atoms with van der Waals surface area (Å²) in [6.45, 7) is 12.5. The van der Waals surface area contributed by atoms with Gasteiger partial charge < -0.3 is 0 Å². The number of rotatable bonds is 6. The minimum atomic E-state index is -3.68. The van der Waals surface area contributed by atoms with Crippen LogP contribution in [-0.4, -0.2) is 14.1 Å². The molecule has 0 aliphatic heterocycles. The molecule has 0 amide bonds. The van der Waals surface area contributed by atoms with Crippen LogP contribution in [0.15, 0.2) is 22.1 Å². The Hall–Kier alpha value is -1.36. The third kappa shape index (κ3) is 3.55. The number of hydrogen-bond acceptors (Lipinski definition) is 3. The zero-order chi connectivity index (χ0) is 19.2. The first-order valence-electron chi connectivity index (χ1n) is 9.86. The fourth-order valence-electron chi connectivity index (χ4n) is 4.14. The fraction of sp³-hybridized carbons (Fsp3) is 0.667. The van der Waals surface area contributed by atoms with Gasteiger partial charge in [-0.15, -0.1) is 0 Å². The van der Waals surface area contributed by atoms with Crippen molar-refractivity contribution in [1.82, 2.24) is 4.83 Å². The highest BCUT2D eigenvalue weighted by Gasteiger charge is 2.42. The van der Waals surface area contributed by atoms with Gasteiger partial charge in [0, 0.05) is 5.71 Å². The van der Waals surface area contributed by atoms with Crippen molar-refractivity contribution in [2.75, 3.05) is 0 Å². The molecule has 3 saturated carbocycles. The van der Waals surface area contributed by atoms with Crippen LogP contribution >= 0.6 is 0 Å². The second-order valence-electron chi connectivity index (χ2n) is 8.93. The lowest BCUT2D eigenvalue weighted by molar-refractivity contribution is 0.323. The first-order chi connectivity index (χ1) is 12.1. The predicted octanol–water partition coefficient (Wildman–Crippen LogP) is 5.12. The van der Waals surface area contributed by atoms with Gasteiger partial charge in [-0.05, 0) is 65.5 Å². The van der Waals surface area contributed by atoms with Crippen LogP contribution in [0, 0.1) is 11.8 Å². The van der Waals surface area contributed by atoms with Gasteiger partial charge in [0.1, 0.15) is 0 Å². The molecule has 26 heavy (non-hydrogen) atoms. The second-order valence-corrected chi connectivity index (χ2v) is 10.5. The highest BCUT2D eigenvalue weighted by Crippen LogP contribution is 2.46. The van der Waals surface area contributed by atoms with Gasteiger partial charge in [-0.1, -0.05) is 53.7 Å². The largest absolute Gasteiger partial charge is 0.277 e. The third-order valence-electron chi connectivity index (χ3n) is 5.86. The van der Waals surface area contributed by atoms with E-state index >= 15 is 0 Å². The molecule has 3 aliphatic carbocycles. The lowest BCUT2D eigenvalue weighted by Crippen LogP contribution is -2.25. The molecular weight excluding hydrogens is 344 g/mol. The number of fused-ring (bicyclic) bond motifs is 1. The Kier molecular flexibility index (Phi) is 5.22. The van der Waals surface area contributed by atoms with E-state index < -0.39 is 10.0 Å². The lowest BCUT2D eigenvalue weighted by Gasteiger charge is -2.23. The Morgan fingerprint density at radius 3 is 1.88 bits per heavy atom. The molecule has 1 aromatic rings. The van der Waals surface area contributed by atoms with Crippen LogP contribution in [-0.2, 0) is 10.0 Å². The summed E-state index contributed by atoms with van der Waals surface area (Å²) in [7, 11) is -3.68. The summed E-state index contributed by atoms with van der Waals surface area (Å²) >= 11 is 0. The number of hydrogen-bond donors (Lipinski definition) is 1. The average Bonchev–Trinajstić information content (AvgIpc) is 3.11. The first-order valence-corrected chi connectivity index (χ1v) is 11.3. The van der Waals surface area contributed by atoms with Gasteiger partial charge in [-0.3, -0.25) is 0 Å². The van der Waals surface area contributed by atoms with Gasteiger partial charge in [-0.25, -0.2) is 4.83 Å². The topological polar surface area (TPSA) is 58.5 Å². The molecule has 4 rings (SSSR count). The van der Waals surface area contributed by atoms with Gasteiger partial charge in [-0.2, -0.15) is 13.5 Å². The van der Waals surface area contributed by atoms with Crippen molar-refractivity contribution in [2.45, 2.75) is 83.5 Å². The molecule has 0 atom stereocenters. The normalized spacial score (nSPS) is 24.0. The maximum absolute atomic E-state index is 13.2. The van der Waals surface area contributed by atoms with Crippen molar-refractivity contribution in [3.8, 4) is 0 Å². The predicted molar refractivity (Wildman–Crippen MR) is 107 cm³/mol. The monoisotopic (exact) mass is 376 g/mol. The minimum Gasteiger partial charge on any atom is -0.200 e. The Morgan fingerprint density at radius 2 is 1.50 bits per heavy atom. The highest BCUT2D eigenvalue weighted by molar-refractivity contribution is 7.89. The molecule has 3 aliphatic rings. The van der Waals surface area contributed by atoms with E-state index in [1.54, 1.807) is 0 Å². The van der Waals surface area contributed by atoms with Crippen LogP contribution in [0.2, 0.25) is 0 Å². The molecule has 0 heterocycles. The maximum atomic E-state index is 13.2. The third-order valence-corrected chi connectivity index (χ3v) is 7.20. The van der Waals surface area contributed by atoms with Crippen molar-refractivity contribution in [3.63, 3.8) is 0 Å². The average molecular weight is 377 g/mol. The van der Waals surface area contributed by atoms with Gasteiger partial charge in [0.25, 0.3) is 10.0 Å². The molecule has 3 fully saturated rings. The zero-order valence-electron chi connectivity index (χ0n) is 16.8. The quantitative estimate of drug-likeness (QED) is 0.700. The van der Waals surface area contributed by atoms with E-state index in [1.807, 2.05) is 0 Å². The molecule has 4 nitrogen and oxygen atoms in total.